The largest absolute Gasteiger partial charge is 0.303 e. The molecule has 5 atom stereocenters. The van der Waals surface area contributed by atoms with E-state index < -0.39 is 0 Å². The predicted octanol–water partition coefficient (Wildman–Crippen LogP) is 2.65. The second-order valence-electron chi connectivity index (χ2n) is 5.32. The van der Waals surface area contributed by atoms with Crippen LogP contribution in [0.25, 0.3) is 0 Å². The molecule has 72 valence electrons. The van der Waals surface area contributed by atoms with E-state index in [1.165, 1.54) is 32.1 Å². The summed E-state index contributed by atoms with van der Waals surface area (Å²) in [5.41, 5.74) is 0. The first kappa shape index (κ1) is 8.02. The molecule has 0 saturated heterocycles. The van der Waals surface area contributed by atoms with Crippen molar-refractivity contribution < 1.29 is 4.79 Å². The summed E-state index contributed by atoms with van der Waals surface area (Å²) in [5.74, 6) is 4.85. The molecule has 3 fully saturated rings. The Balaban J connectivity index is 1.77. The molecular formula is C12H18O. The Kier molecular flexibility index (Phi) is 1.75. The van der Waals surface area contributed by atoms with Crippen LogP contribution in [0.2, 0.25) is 0 Å². The molecule has 0 amide bonds. The van der Waals surface area contributed by atoms with Gasteiger partial charge in [-0.1, -0.05) is 6.42 Å². The quantitative estimate of drug-likeness (QED) is 0.594. The molecule has 2 bridgehead atoms. The molecule has 0 aromatic rings. The summed E-state index contributed by atoms with van der Waals surface area (Å²) in [6, 6.07) is 0. The molecule has 0 N–H and O–H groups in total. The van der Waals surface area contributed by atoms with Crippen molar-refractivity contribution in [2.45, 2.75) is 38.5 Å². The molecule has 0 aromatic heterocycles. The van der Waals surface area contributed by atoms with Crippen molar-refractivity contribution in [2.75, 3.05) is 0 Å². The van der Waals surface area contributed by atoms with Gasteiger partial charge in [-0.05, 0) is 55.3 Å². The van der Waals surface area contributed by atoms with Gasteiger partial charge in [0.05, 0.1) is 0 Å². The van der Waals surface area contributed by atoms with E-state index in [-0.39, 0.29) is 0 Å². The zero-order chi connectivity index (χ0) is 8.84. The first-order valence-electron chi connectivity index (χ1n) is 5.84. The smallest absolute Gasteiger partial charge is 0.120 e. The van der Waals surface area contributed by atoms with Crippen molar-refractivity contribution >= 4 is 6.29 Å². The molecule has 4 unspecified atom stereocenters. The van der Waals surface area contributed by atoms with Crippen LogP contribution >= 0.6 is 0 Å². The van der Waals surface area contributed by atoms with Crippen molar-refractivity contribution in [1.82, 2.24) is 0 Å². The summed E-state index contributed by atoms with van der Waals surface area (Å²) in [5, 5.41) is 0. The second kappa shape index (κ2) is 2.83. The predicted molar refractivity (Wildman–Crippen MR) is 51.2 cm³/mol. The van der Waals surface area contributed by atoms with Gasteiger partial charge < -0.3 is 4.79 Å². The van der Waals surface area contributed by atoms with E-state index in [1.54, 1.807) is 0 Å². The highest BCUT2D eigenvalue weighted by molar-refractivity contribution is 5.50. The van der Waals surface area contributed by atoms with Gasteiger partial charge in [0.1, 0.15) is 6.29 Å². The van der Waals surface area contributed by atoms with Crippen LogP contribution in [0, 0.1) is 29.6 Å². The molecule has 13 heavy (non-hydrogen) atoms. The van der Waals surface area contributed by atoms with Crippen LogP contribution in [0.1, 0.15) is 38.5 Å². The van der Waals surface area contributed by atoms with Crippen LogP contribution in [-0.4, -0.2) is 6.29 Å². The van der Waals surface area contributed by atoms with Crippen molar-refractivity contribution in [2.24, 2.45) is 29.6 Å². The summed E-state index contributed by atoms with van der Waals surface area (Å²) in [6.07, 6.45) is 9.29. The van der Waals surface area contributed by atoms with Gasteiger partial charge in [0.15, 0.2) is 0 Å². The van der Waals surface area contributed by atoms with Crippen molar-refractivity contribution in [3.63, 3.8) is 0 Å². The lowest BCUT2D eigenvalue weighted by Crippen LogP contribution is -2.24. The highest BCUT2D eigenvalue weighted by Crippen LogP contribution is 2.61. The Hall–Kier alpha value is -0.330. The van der Waals surface area contributed by atoms with Crippen molar-refractivity contribution in [3.8, 4) is 0 Å². The van der Waals surface area contributed by atoms with E-state index in [0.717, 1.165) is 42.3 Å². The number of hydrogen-bond acceptors (Lipinski definition) is 1. The zero-order valence-corrected chi connectivity index (χ0v) is 8.11. The number of carbonyl (C=O) groups is 1. The van der Waals surface area contributed by atoms with Crippen LogP contribution in [0.5, 0.6) is 0 Å². The average molecular weight is 178 g/mol. The normalized spacial score (nSPS) is 52.5. The third-order valence-electron chi connectivity index (χ3n) is 4.97. The summed E-state index contributed by atoms with van der Waals surface area (Å²) in [6.45, 7) is 0. The summed E-state index contributed by atoms with van der Waals surface area (Å²) in [4.78, 5) is 10.5. The van der Waals surface area contributed by atoms with E-state index in [2.05, 4.69) is 0 Å². The van der Waals surface area contributed by atoms with Crippen LogP contribution in [-0.2, 0) is 4.79 Å². The van der Waals surface area contributed by atoms with Gasteiger partial charge in [0.25, 0.3) is 0 Å². The Labute approximate surface area is 79.9 Å². The van der Waals surface area contributed by atoms with Gasteiger partial charge in [-0.2, -0.15) is 0 Å². The molecule has 3 rings (SSSR count). The number of fused-ring (bicyclic) bond motifs is 5. The minimum atomic E-state index is 0.779. The fourth-order valence-corrected chi connectivity index (χ4v) is 4.60. The first-order valence-corrected chi connectivity index (χ1v) is 5.84. The van der Waals surface area contributed by atoms with E-state index in [9.17, 15) is 4.79 Å². The fourth-order valence-electron chi connectivity index (χ4n) is 4.60. The minimum Gasteiger partial charge on any atom is -0.303 e. The maximum Gasteiger partial charge on any atom is 0.120 e. The highest BCUT2D eigenvalue weighted by Gasteiger charge is 2.53. The van der Waals surface area contributed by atoms with E-state index in [4.69, 9.17) is 0 Å². The Bertz CT molecular complexity index is 223. The maximum atomic E-state index is 10.5. The number of rotatable bonds is 2. The summed E-state index contributed by atoms with van der Waals surface area (Å²) < 4.78 is 0. The first-order chi connectivity index (χ1) is 6.40. The average Bonchev–Trinajstić information content (AvgIpc) is 2.72. The SMILES string of the molecule is O=CCC1CC2CC1[C@@H]1CCCC21. The van der Waals surface area contributed by atoms with Gasteiger partial charge >= 0.3 is 0 Å². The lowest BCUT2D eigenvalue weighted by molar-refractivity contribution is -0.109. The molecule has 1 heteroatoms. The lowest BCUT2D eigenvalue weighted by Gasteiger charge is -2.30. The molecular weight excluding hydrogens is 160 g/mol. The van der Waals surface area contributed by atoms with Crippen molar-refractivity contribution in [1.29, 1.82) is 0 Å². The monoisotopic (exact) mass is 178 g/mol. The molecule has 0 aromatic carbocycles. The van der Waals surface area contributed by atoms with Gasteiger partial charge in [-0.3, -0.25) is 0 Å². The molecule has 3 aliphatic rings. The number of carbonyl (C=O) groups excluding carboxylic acids is 1. The van der Waals surface area contributed by atoms with Gasteiger partial charge in [-0.25, -0.2) is 0 Å². The standard InChI is InChI=1S/C12H18O/c13-5-4-8-6-9-7-12(8)11-3-1-2-10(9)11/h5,8-12H,1-4,6-7H2/t8?,9?,10?,11-,12?/m1/s1. The van der Waals surface area contributed by atoms with E-state index in [1.807, 2.05) is 0 Å². The van der Waals surface area contributed by atoms with Crippen LogP contribution in [0.3, 0.4) is 0 Å². The van der Waals surface area contributed by atoms with Crippen molar-refractivity contribution in [3.05, 3.63) is 0 Å². The molecule has 0 radical (unpaired) electrons. The lowest BCUT2D eigenvalue weighted by atomic mass is 9.75. The maximum absolute atomic E-state index is 10.5. The zero-order valence-electron chi connectivity index (χ0n) is 8.11. The molecule has 0 spiro atoms. The third kappa shape index (κ3) is 1.02. The van der Waals surface area contributed by atoms with Gasteiger partial charge in [0.2, 0.25) is 0 Å². The Morgan fingerprint density at radius 1 is 1.08 bits per heavy atom. The molecule has 0 aliphatic heterocycles. The third-order valence-corrected chi connectivity index (χ3v) is 4.97. The molecule has 0 heterocycles. The van der Waals surface area contributed by atoms with Gasteiger partial charge in [0, 0.05) is 6.42 Å². The minimum absolute atomic E-state index is 0.779. The molecule has 1 nitrogen and oxygen atoms in total. The fraction of sp³-hybridized carbons (Fsp3) is 0.917. The van der Waals surface area contributed by atoms with E-state index >= 15 is 0 Å². The second-order valence-corrected chi connectivity index (χ2v) is 5.32. The van der Waals surface area contributed by atoms with Gasteiger partial charge in [-0.15, -0.1) is 0 Å². The van der Waals surface area contributed by atoms with Crippen LogP contribution in [0.4, 0.5) is 0 Å². The highest BCUT2D eigenvalue weighted by atomic mass is 16.1. The molecule has 3 saturated carbocycles. The Morgan fingerprint density at radius 3 is 2.77 bits per heavy atom. The van der Waals surface area contributed by atoms with Crippen LogP contribution < -0.4 is 0 Å². The number of hydrogen-bond donors (Lipinski definition) is 0. The summed E-state index contributed by atoms with van der Waals surface area (Å²) in [7, 11) is 0. The summed E-state index contributed by atoms with van der Waals surface area (Å²) >= 11 is 0. The topological polar surface area (TPSA) is 17.1 Å². The molecule has 3 aliphatic carbocycles. The van der Waals surface area contributed by atoms with Crippen LogP contribution in [0.15, 0.2) is 0 Å². The van der Waals surface area contributed by atoms with E-state index in [0.29, 0.717) is 0 Å². The number of aldehydes is 1. The Morgan fingerprint density at radius 2 is 1.92 bits per heavy atom.